The molecule has 2 aromatic rings. The lowest BCUT2D eigenvalue weighted by atomic mass is 10.1. The molecule has 2 heterocycles. The molecule has 2 rings (SSSR count). The maximum absolute atomic E-state index is 13.8. The number of hydrogen-bond acceptors (Lipinski definition) is 3. The summed E-state index contributed by atoms with van der Waals surface area (Å²) in [5, 5.41) is 0. The molecule has 0 aromatic carbocycles. The molecule has 0 aliphatic carbocycles. The van der Waals surface area contributed by atoms with Crippen LogP contribution in [0.3, 0.4) is 0 Å². The topological polar surface area (TPSA) is 38.7 Å². The quantitative estimate of drug-likeness (QED) is 0.588. The lowest BCUT2D eigenvalue weighted by Crippen LogP contribution is -2.10. The number of rotatable bonds is 1. The van der Waals surface area contributed by atoms with Gasteiger partial charge < -0.3 is 0 Å². The van der Waals surface area contributed by atoms with Gasteiger partial charge in [-0.2, -0.15) is 13.2 Å². The molecule has 0 fully saturated rings. The first-order chi connectivity index (χ1) is 8.79. The van der Waals surface area contributed by atoms with E-state index in [0.717, 1.165) is 12.4 Å². The molecule has 0 saturated heterocycles. The molecule has 2 aromatic heterocycles. The third-order valence-corrected chi connectivity index (χ3v) is 2.79. The highest BCUT2D eigenvalue weighted by atomic mass is 79.9. The molecule has 0 aliphatic rings. The van der Waals surface area contributed by atoms with Crippen LogP contribution < -0.4 is 0 Å². The Morgan fingerprint density at radius 1 is 1.16 bits per heavy atom. The molecule has 0 bridgehead atoms. The number of aryl methyl sites for hydroxylation is 1. The van der Waals surface area contributed by atoms with Crippen molar-refractivity contribution in [3.8, 4) is 11.1 Å². The molecular formula is C11H6BrF4N3. The van der Waals surface area contributed by atoms with Crippen LogP contribution in [0.2, 0.25) is 0 Å². The van der Waals surface area contributed by atoms with Gasteiger partial charge in [-0.1, -0.05) is 0 Å². The van der Waals surface area contributed by atoms with Gasteiger partial charge in [-0.05, 0) is 28.9 Å². The van der Waals surface area contributed by atoms with E-state index in [9.17, 15) is 17.6 Å². The number of hydrogen-bond donors (Lipinski definition) is 0. The average molecular weight is 336 g/mol. The van der Waals surface area contributed by atoms with E-state index in [2.05, 4.69) is 30.9 Å². The SMILES string of the molecule is Cc1cc(-c2cnc(C(F)(F)F)nc2)c(F)c(Br)n1. The van der Waals surface area contributed by atoms with E-state index in [0.29, 0.717) is 5.69 Å². The Balaban J connectivity index is 2.49. The summed E-state index contributed by atoms with van der Waals surface area (Å²) in [6.07, 6.45) is -2.76. The van der Waals surface area contributed by atoms with Crippen LogP contribution in [0.4, 0.5) is 17.6 Å². The Hall–Kier alpha value is -1.57. The summed E-state index contributed by atoms with van der Waals surface area (Å²) in [5.41, 5.74) is 0.757. The van der Waals surface area contributed by atoms with Gasteiger partial charge in [-0.3, -0.25) is 0 Å². The zero-order valence-electron chi connectivity index (χ0n) is 9.46. The van der Waals surface area contributed by atoms with Crippen LogP contribution in [0, 0.1) is 12.7 Å². The fourth-order valence-corrected chi connectivity index (χ4v) is 1.94. The minimum Gasteiger partial charge on any atom is -0.243 e. The molecule has 19 heavy (non-hydrogen) atoms. The van der Waals surface area contributed by atoms with Crippen LogP contribution in [0.25, 0.3) is 11.1 Å². The maximum Gasteiger partial charge on any atom is 0.451 e. The zero-order chi connectivity index (χ0) is 14.2. The molecule has 0 aliphatic heterocycles. The smallest absolute Gasteiger partial charge is 0.243 e. The first-order valence-corrected chi connectivity index (χ1v) is 5.80. The molecule has 0 saturated carbocycles. The molecule has 8 heteroatoms. The van der Waals surface area contributed by atoms with Gasteiger partial charge in [-0.15, -0.1) is 0 Å². The molecule has 0 N–H and O–H groups in total. The Labute approximate surface area is 113 Å². The van der Waals surface area contributed by atoms with Crippen molar-refractivity contribution in [1.29, 1.82) is 0 Å². The van der Waals surface area contributed by atoms with E-state index in [1.165, 1.54) is 6.07 Å². The second-order valence-corrected chi connectivity index (χ2v) is 4.46. The average Bonchev–Trinajstić information content (AvgIpc) is 2.33. The highest BCUT2D eigenvalue weighted by molar-refractivity contribution is 9.10. The number of alkyl halides is 3. The van der Waals surface area contributed by atoms with Gasteiger partial charge >= 0.3 is 6.18 Å². The maximum atomic E-state index is 13.8. The summed E-state index contributed by atoms with van der Waals surface area (Å²) >= 11 is 2.93. The monoisotopic (exact) mass is 335 g/mol. The summed E-state index contributed by atoms with van der Waals surface area (Å²) in [7, 11) is 0. The lowest BCUT2D eigenvalue weighted by Gasteiger charge is -2.07. The van der Waals surface area contributed by atoms with Crippen molar-refractivity contribution in [1.82, 2.24) is 15.0 Å². The molecule has 3 nitrogen and oxygen atoms in total. The van der Waals surface area contributed by atoms with Crippen molar-refractivity contribution in [2.24, 2.45) is 0 Å². The Morgan fingerprint density at radius 3 is 2.26 bits per heavy atom. The van der Waals surface area contributed by atoms with Crippen molar-refractivity contribution < 1.29 is 17.6 Å². The van der Waals surface area contributed by atoms with Crippen molar-refractivity contribution in [2.75, 3.05) is 0 Å². The predicted molar refractivity (Wildman–Crippen MR) is 62.7 cm³/mol. The number of halogens is 5. The van der Waals surface area contributed by atoms with Gasteiger partial charge in [0.05, 0.1) is 0 Å². The van der Waals surface area contributed by atoms with Crippen LogP contribution in [-0.2, 0) is 6.18 Å². The number of aromatic nitrogens is 3. The van der Waals surface area contributed by atoms with E-state index in [1.807, 2.05) is 0 Å². The Kier molecular flexibility index (Phi) is 3.53. The van der Waals surface area contributed by atoms with Crippen LogP contribution in [0.15, 0.2) is 23.1 Å². The highest BCUT2D eigenvalue weighted by Gasteiger charge is 2.34. The summed E-state index contributed by atoms with van der Waals surface area (Å²) in [6.45, 7) is 1.64. The number of pyridine rings is 1. The summed E-state index contributed by atoms with van der Waals surface area (Å²) in [5.74, 6) is -1.93. The summed E-state index contributed by atoms with van der Waals surface area (Å²) in [6, 6.07) is 1.41. The van der Waals surface area contributed by atoms with Gasteiger partial charge in [0.25, 0.3) is 0 Å². The van der Waals surface area contributed by atoms with Crippen LogP contribution >= 0.6 is 15.9 Å². The van der Waals surface area contributed by atoms with E-state index in [1.54, 1.807) is 6.92 Å². The standard InChI is InChI=1S/C11H6BrF4N3/c1-5-2-7(8(13)9(12)19-5)6-3-17-10(18-4-6)11(14,15)16/h2-4H,1H3. The Bertz CT molecular complexity index is 611. The minimum atomic E-state index is -4.62. The molecule has 0 atom stereocenters. The fraction of sp³-hybridized carbons (Fsp3) is 0.182. The third kappa shape index (κ3) is 2.89. The predicted octanol–water partition coefficient (Wildman–Crippen LogP) is 3.77. The molecule has 0 spiro atoms. The normalized spacial score (nSPS) is 11.7. The zero-order valence-corrected chi connectivity index (χ0v) is 11.0. The second kappa shape index (κ2) is 4.84. The molecule has 0 unspecified atom stereocenters. The van der Waals surface area contributed by atoms with E-state index in [4.69, 9.17) is 0 Å². The van der Waals surface area contributed by atoms with Crippen molar-refractivity contribution in [2.45, 2.75) is 13.1 Å². The van der Waals surface area contributed by atoms with Gasteiger partial charge in [0, 0.05) is 29.2 Å². The fourth-order valence-electron chi connectivity index (χ4n) is 1.44. The molecule has 100 valence electrons. The van der Waals surface area contributed by atoms with Crippen LogP contribution in [0.5, 0.6) is 0 Å². The van der Waals surface area contributed by atoms with Crippen molar-refractivity contribution >= 4 is 15.9 Å². The summed E-state index contributed by atoms with van der Waals surface area (Å²) in [4.78, 5) is 10.2. The number of nitrogens with zero attached hydrogens (tertiary/aromatic N) is 3. The third-order valence-electron chi connectivity index (χ3n) is 2.26. The Morgan fingerprint density at radius 2 is 1.74 bits per heavy atom. The molecule has 0 amide bonds. The summed E-state index contributed by atoms with van der Waals surface area (Å²) < 4.78 is 50.7. The molecular weight excluding hydrogens is 330 g/mol. The molecule has 0 radical (unpaired) electrons. The van der Waals surface area contributed by atoms with Gasteiger partial charge in [-0.25, -0.2) is 19.3 Å². The van der Waals surface area contributed by atoms with Crippen molar-refractivity contribution in [3.05, 3.63) is 40.4 Å². The largest absolute Gasteiger partial charge is 0.451 e. The van der Waals surface area contributed by atoms with E-state index >= 15 is 0 Å². The lowest BCUT2D eigenvalue weighted by molar-refractivity contribution is -0.144. The van der Waals surface area contributed by atoms with E-state index < -0.39 is 17.8 Å². The van der Waals surface area contributed by atoms with Crippen LogP contribution in [0.1, 0.15) is 11.5 Å². The van der Waals surface area contributed by atoms with Gasteiger partial charge in [0.15, 0.2) is 5.82 Å². The first-order valence-electron chi connectivity index (χ1n) is 5.01. The van der Waals surface area contributed by atoms with E-state index in [-0.39, 0.29) is 15.7 Å². The van der Waals surface area contributed by atoms with Crippen molar-refractivity contribution in [3.63, 3.8) is 0 Å². The highest BCUT2D eigenvalue weighted by Crippen LogP contribution is 2.29. The van der Waals surface area contributed by atoms with Gasteiger partial charge in [0.2, 0.25) is 5.82 Å². The second-order valence-electron chi connectivity index (χ2n) is 3.71. The van der Waals surface area contributed by atoms with Gasteiger partial charge in [0.1, 0.15) is 4.60 Å². The minimum absolute atomic E-state index is 0.0117. The first kappa shape index (κ1) is 13.9. The van der Waals surface area contributed by atoms with Crippen LogP contribution in [-0.4, -0.2) is 15.0 Å².